The lowest BCUT2D eigenvalue weighted by Crippen LogP contribution is -2.49. The van der Waals surface area contributed by atoms with Gasteiger partial charge in [-0.15, -0.1) is 0 Å². The van der Waals surface area contributed by atoms with Gasteiger partial charge in [-0.25, -0.2) is 0 Å². The number of hydrogen-bond donors (Lipinski definition) is 1. The summed E-state index contributed by atoms with van der Waals surface area (Å²) in [7, 11) is 1.32. The molecule has 0 unspecified atom stereocenters. The summed E-state index contributed by atoms with van der Waals surface area (Å²) in [4.78, 5) is 36.2. The van der Waals surface area contributed by atoms with E-state index in [0.717, 1.165) is 12.3 Å². The Morgan fingerprint density at radius 3 is 2.90 bits per heavy atom. The van der Waals surface area contributed by atoms with Crippen molar-refractivity contribution in [2.24, 2.45) is 0 Å². The van der Waals surface area contributed by atoms with Gasteiger partial charge in [0, 0.05) is 12.6 Å². The fourth-order valence-corrected chi connectivity index (χ4v) is 2.09. The van der Waals surface area contributed by atoms with Crippen LogP contribution >= 0.6 is 0 Å². The molecule has 1 saturated heterocycles. The number of carbonyl (C=O) groups is 2. The van der Waals surface area contributed by atoms with E-state index in [-0.39, 0.29) is 31.1 Å². The first-order valence-corrected chi connectivity index (χ1v) is 6.30. The van der Waals surface area contributed by atoms with Gasteiger partial charge in [0.15, 0.2) is 5.76 Å². The van der Waals surface area contributed by atoms with E-state index >= 15 is 0 Å². The fourth-order valence-electron chi connectivity index (χ4n) is 2.09. The van der Waals surface area contributed by atoms with Gasteiger partial charge in [0.25, 0.3) is 5.91 Å². The van der Waals surface area contributed by atoms with E-state index in [1.807, 2.05) is 0 Å². The Morgan fingerprint density at radius 2 is 2.29 bits per heavy atom. The SMILES string of the molecule is COc1coc(C(=O)N2CCOC[C@H]2CC(=O)O)cc1=O. The highest BCUT2D eigenvalue weighted by atomic mass is 16.5. The summed E-state index contributed by atoms with van der Waals surface area (Å²) in [5, 5.41) is 8.86. The molecule has 8 heteroatoms. The summed E-state index contributed by atoms with van der Waals surface area (Å²) in [6, 6.07) is 0.449. The van der Waals surface area contributed by atoms with Crippen molar-refractivity contribution in [3.05, 3.63) is 28.3 Å². The molecule has 21 heavy (non-hydrogen) atoms. The first-order valence-electron chi connectivity index (χ1n) is 6.30. The van der Waals surface area contributed by atoms with Gasteiger partial charge >= 0.3 is 5.97 Å². The lowest BCUT2D eigenvalue weighted by Gasteiger charge is -2.34. The van der Waals surface area contributed by atoms with Crippen LogP contribution in [0, 0.1) is 0 Å². The van der Waals surface area contributed by atoms with Crippen LogP contribution in [0.25, 0.3) is 0 Å². The number of nitrogens with zero attached hydrogens (tertiary/aromatic N) is 1. The molecule has 2 heterocycles. The molecule has 8 nitrogen and oxygen atoms in total. The third kappa shape index (κ3) is 3.40. The summed E-state index contributed by atoms with van der Waals surface area (Å²) < 4.78 is 15.1. The first kappa shape index (κ1) is 15.0. The summed E-state index contributed by atoms with van der Waals surface area (Å²) in [6.07, 6.45) is 0.828. The van der Waals surface area contributed by atoms with E-state index < -0.39 is 23.3 Å². The van der Waals surface area contributed by atoms with E-state index in [2.05, 4.69) is 0 Å². The molecule has 0 saturated carbocycles. The lowest BCUT2D eigenvalue weighted by atomic mass is 10.1. The van der Waals surface area contributed by atoms with Crippen molar-refractivity contribution >= 4 is 11.9 Å². The van der Waals surface area contributed by atoms with Crippen LogP contribution in [0.4, 0.5) is 0 Å². The van der Waals surface area contributed by atoms with Crippen LogP contribution in [-0.2, 0) is 9.53 Å². The molecule has 1 aliphatic rings. The zero-order chi connectivity index (χ0) is 15.4. The predicted molar refractivity (Wildman–Crippen MR) is 69.4 cm³/mol. The summed E-state index contributed by atoms with van der Waals surface area (Å²) in [5.74, 6) is -1.72. The maximum absolute atomic E-state index is 12.3. The minimum Gasteiger partial charge on any atom is -0.490 e. The Balaban J connectivity index is 2.22. The van der Waals surface area contributed by atoms with Crippen LogP contribution in [0.2, 0.25) is 0 Å². The number of methoxy groups -OCH3 is 1. The molecule has 1 aromatic heterocycles. The van der Waals surface area contributed by atoms with Gasteiger partial charge in [0.2, 0.25) is 11.2 Å². The third-order valence-corrected chi connectivity index (χ3v) is 3.13. The molecule has 0 spiro atoms. The fraction of sp³-hybridized carbons (Fsp3) is 0.462. The molecule has 0 aliphatic carbocycles. The van der Waals surface area contributed by atoms with Crippen LogP contribution in [0.3, 0.4) is 0 Å². The number of hydrogen-bond acceptors (Lipinski definition) is 6. The zero-order valence-corrected chi connectivity index (χ0v) is 11.4. The second-order valence-electron chi connectivity index (χ2n) is 4.50. The van der Waals surface area contributed by atoms with Gasteiger partial charge in [-0.2, -0.15) is 0 Å². The lowest BCUT2D eigenvalue weighted by molar-refractivity contribution is -0.139. The van der Waals surface area contributed by atoms with Crippen LogP contribution in [0.5, 0.6) is 5.75 Å². The Kier molecular flexibility index (Phi) is 4.59. The number of rotatable bonds is 4. The highest BCUT2D eigenvalue weighted by Crippen LogP contribution is 2.15. The molecule has 1 aliphatic heterocycles. The highest BCUT2D eigenvalue weighted by molar-refractivity contribution is 5.92. The molecule has 0 bridgehead atoms. The van der Waals surface area contributed by atoms with Crippen molar-refractivity contribution in [2.75, 3.05) is 26.9 Å². The monoisotopic (exact) mass is 297 g/mol. The van der Waals surface area contributed by atoms with E-state index in [1.54, 1.807) is 0 Å². The van der Waals surface area contributed by atoms with Crippen molar-refractivity contribution < 1.29 is 28.6 Å². The van der Waals surface area contributed by atoms with Crippen molar-refractivity contribution in [2.45, 2.75) is 12.5 Å². The van der Waals surface area contributed by atoms with Crippen molar-refractivity contribution in [3.63, 3.8) is 0 Å². The molecule has 1 atom stereocenters. The average molecular weight is 297 g/mol. The van der Waals surface area contributed by atoms with E-state index in [9.17, 15) is 14.4 Å². The number of ether oxygens (including phenoxy) is 2. The van der Waals surface area contributed by atoms with Crippen molar-refractivity contribution in [3.8, 4) is 5.75 Å². The molecule has 1 fully saturated rings. The molecule has 0 aromatic carbocycles. The maximum Gasteiger partial charge on any atom is 0.305 e. The van der Waals surface area contributed by atoms with Gasteiger partial charge < -0.3 is 23.9 Å². The van der Waals surface area contributed by atoms with Gasteiger partial charge in [0.05, 0.1) is 32.8 Å². The van der Waals surface area contributed by atoms with E-state index in [4.69, 9.17) is 19.0 Å². The first-order chi connectivity index (χ1) is 10.0. The van der Waals surface area contributed by atoms with Gasteiger partial charge in [-0.1, -0.05) is 0 Å². The molecule has 2 rings (SSSR count). The number of morpholine rings is 1. The van der Waals surface area contributed by atoms with E-state index in [1.165, 1.54) is 12.0 Å². The molecular weight excluding hydrogens is 282 g/mol. The van der Waals surface area contributed by atoms with Gasteiger partial charge in [0.1, 0.15) is 6.26 Å². The second kappa shape index (κ2) is 6.40. The smallest absolute Gasteiger partial charge is 0.305 e. The van der Waals surface area contributed by atoms with Crippen molar-refractivity contribution in [1.29, 1.82) is 0 Å². The number of amides is 1. The van der Waals surface area contributed by atoms with Gasteiger partial charge in [-0.3, -0.25) is 14.4 Å². The quantitative estimate of drug-likeness (QED) is 0.831. The number of carbonyl (C=O) groups excluding carboxylic acids is 1. The molecule has 1 amide bonds. The zero-order valence-electron chi connectivity index (χ0n) is 11.4. The Hall–Kier alpha value is -2.35. The number of carboxylic acid groups (broad SMARTS) is 1. The normalized spacial score (nSPS) is 18.3. The minimum atomic E-state index is -1.03. The number of aliphatic carboxylic acids is 1. The van der Waals surface area contributed by atoms with Crippen LogP contribution in [0.15, 0.2) is 21.5 Å². The minimum absolute atomic E-state index is 0.00406. The maximum atomic E-state index is 12.3. The van der Waals surface area contributed by atoms with Crippen LogP contribution < -0.4 is 10.2 Å². The van der Waals surface area contributed by atoms with Crippen molar-refractivity contribution in [1.82, 2.24) is 4.90 Å². The average Bonchev–Trinajstić information content (AvgIpc) is 2.46. The molecule has 1 N–H and O–H groups in total. The molecule has 0 radical (unpaired) electrons. The highest BCUT2D eigenvalue weighted by Gasteiger charge is 2.31. The Morgan fingerprint density at radius 1 is 1.52 bits per heavy atom. The number of carboxylic acids is 1. The third-order valence-electron chi connectivity index (χ3n) is 3.13. The Bertz CT molecular complexity index is 594. The van der Waals surface area contributed by atoms with Crippen LogP contribution in [0.1, 0.15) is 17.0 Å². The van der Waals surface area contributed by atoms with Gasteiger partial charge in [-0.05, 0) is 0 Å². The predicted octanol–water partition coefficient (Wildman–Crippen LogP) is -0.0359. The Labute approximate surface area is 119 Å². The standard InChI is InChI=1S/C13H15NO7/c1-19-11-7-21-10(5-9(11)15)13(18)14-2-3-20-6-8(14)4-12(16)17/h5,7-8H,2-4,6H2,1H3,(H,16,17)/t8-/m1/s1. The topological polar surface area (TPSA) is 106 Å². The largest absolute Gasteiger partial charge is 0.490 e. The summed E-state index contributed by atoms with van der Waals surface area (Å²) in [6.45, 7) is 0.688. The van der Waals surface area contributed by atoms with Crippen LogP contribution in [-0.4, -0.2) is 54.8 Å². The molecule has 114 valence electrons. The second-order valence-corrected chi connectivity index (χ2v) is 4.50. The molecular formula is C13H15NO7. The molecule has 1 aromatic rings. The summed E-state index contributed by atoms with van der Waals surface area (Å²) in [5.41, 5.74) is -0.477. The van der Waals surface area contributed by atoms with E-state index in [0.29, 0.717) is 6.61 Å². The summed E-state index contributed by atoms with van der Waals surface area (Å²) >= 11 is 0.